The summed E-state index contributed by atoms with van der Waals surface area (Å²) in [6.07, 6.45) is 2.43. The maximum atomic E-state index is 15.1. The average Bonchev–Trinajstić information content (AvgIpc) is 1.05. The minimum absolute atomic E-state index is 0.0305. The van der Waals surface area contributed by atoms with Gasteiger partial charge in [0.1, 0.15) is 48.3 Å². The van der Waals surface area contributed by atoms with Crippen molar-refractivity contribution in [1.82, 2.24) is 68.0 Å². The summed E-state index contributed by atoms with van der Waals surface area (Å²) in [5.74, 6) is -10.9. The van der Waals surface area contributed by atoms with E-state index in [0.717, 1.165) is 24.2 Å². The Morgan fingerprint density at radius 1 is 0.692 bits per heavy atom. The van der Waals surface area contributed by atoms with E-state index in [9.17, 15) is 77.6 Å². The fraction of sp³-hybridized carbons (Fsp3) is 0.611. The number of thioether (sulfide) groups is 1. The number of aliphatic hydroxyl groups is 3. The van der Waals surface area contributed by atoms with Gasteiger partial charge in [0.15, 0.2) is 0 Å². The highest BCUT2D eigenvalue weighted by molar-refractivity contribution is 8.02. The third-order valence-corrected chi connectivity index (χ3v) is 23.2. The molecule has 11 rings (SSSR count). The van der Waals surface area contributed by atoms with Crippen molar-refractivity contribution in [2.45, 2.75) is 209 Å². The standard InChI is InChI=1S/C72H98N14O17S/c1-7-36(4)61-67(99)75-31-57(92)79-49-17-16-48-46(45-10-8-9-11-47(45)78-48)24-50(64(96)74-32-58(93)83-61)80-69(101)62(37(5)53(89)34-87)84-66(98)52-23-44(88)33-86(52)70(102)51(81-65(49)97)25-56(91)73-30-39-12-14-43(15-13-39)77-63(95)38(6)76-68(100)60(35(2)3)82-55(90)18-19-85-59(94)26-54(71(85)103)104-72-27-40-20-41(28-72)22-42(21-40)29-72/h8-15,35-38,40-42,44,49-54,60-62,78,87-89H,7,16-34H2,1-6H3,(H,73,91)(H,74,96)(H,75,99)(H,76,100)(H,77,95)(H,79,92)(H,80,101)(H,81,97)(H,82,90)(H,83,93)(H,84,98)/t36-,37-,38-,40?,41?,42?,44+,49-,50-,51-,52-,53-,54?,60?,61-,62-,72?/m0/s1. The summed E-state index contributed by atoms with van der Waals surface area (Å²) in [6.45, 7) is 6.58. The van der Waals surface area contributed by atoms with Crippen LogP contribution in [0.4, 0.5) is 5.69 Å². The maximum Gasteiger partial charge on any atom is 0.246 e. The Morgan fingerprint density at radius 2 is 1.36 bits per heavy atom. The number of H-pyrrole nitrogens is 1. The monoisotopic (exact) mass is 1460 g/mol. The Kier molecular flexibility index (Phi) is 25.2. The number of hydrogen-bond donors (Lipinski definition) is 15. The lowest BCUT2D eigenvalue weighted by atomic mass is 9.56. The van der Waals surface area contributed by atoms with Crippen LogP contribution in [0.15, 0.2) is 48.5 Å². The molecule has 4 aliphatic carbocycles. The van der Waals surface area contributed by atoms with Gasteiger partial charge in [0.25, 0.3) is 0 Å². The van der Waals surface area contributed by atoms with E-state index in [1.54, 1.807) is 75.9 Å². The second kappa shape index (κ2) is 33.8. The number of carbonyl (C=O) groups is 14. The third kappa shape index (κ3) is 18.7. The summed E-state index contributed by atoms with van der Waals surface area (Å²) in [7, 11) is 0. The molecule has 13 atom stereocenters. The molecule has 4 aliphatic heterocycles. The second-order valence-corrected chi connectivity index (χ2v) is 31.4. The summed E-state index contributed by atoms with van der Waals surface area (Å²) < 4.78 is 0.0305. The van der Waals surface area contributed by atoms with Crippen molar-refractivity contribution in [3.63, 3.8) is 0 Å². The van der Waals surface area contributed by atoms with Crippen LogP contribution in [-0.4, -0.2) is 216 Å². The third-order valence-electron chi connectivity index (χ3n) is 21.6. The first kappa shape index (κ1) is 77.6. The number of rotatable bonds is 20. The van der Waals surface area contributed by atoms with Gasteiger partial charge >= 0.3 is 0 Å². The Hall–Kier alpha value is -9.01. The highest BCUT2D eigenvalue weighted by Gasteiger charge is 2.55. The lowest BCUT2D eigenvalue weighted by molar-refractivity contribution is -0.144. The van der Waals surface area contributed by atoms with E-state index in [1.165, 1.54) is 50.1 Å². The van der Waals surface area contributed by atoms with Gasteiger partial charge in [-0.1, -0.05) is 71.4 Å². The molecular formula is C72H98N14O17S. The highest BCUT2D eigenvalue weighted by atomic mass is 32.2. The van der Waals surface area contributed by atoms with Gasteiger partial charge in [0.05, 0.1) is 43.6 Å². The van der Waals surface area contributed by atoms with Crippen LogP contribution in [0.2, 0.25) is 0 Å². The molecule has 15 N–H and O–H groups in total. The van der Waals surface area contributed by atoms with Gasteiger partial charge in [-0.25, -0.2) is 0 Å². The van der Waals surface area contributed by atoms with Gasteiger partial charge in [0.2, 0.25) is 82.7 Å². The molecule has 2 aromatic carbocycles. The molecule has 5 heterocycles. The zero-order valence-corrected chi connectivity index (χ0v) is 60.3. The number of aliphatic hydroxyl groups excluding tert-OH is 3. The van der Waals surface area contributed by atoms with Crippen LogP contribution in [0.25, 0.3) is 10.9 Å². The van der Waals surface area contributed by atoms with E-state index in [-0.39, 0.29) is 67.4 Å². The van der Waals surface area contributed by atoms with Gasteiger partial charge in [-0.2, -0.15) is 0 Å². The number of imide groups is 1. The first-order chi connectivity index (χ1) is 49.5. The van der Waals surface area contributed by atoms with Gasteiger partial charge in [-0.3, -0.25) is 72.0 Å². The van der Waals surface area contributed by atoms with Crippen LogP contribution >= 0.6 is 11.8 Å². The van der Waals surface area contributed by atoms with E-state index in [0.29, 0.717) is 51.9 Å². The number of likely N-dealkylation sites (tertiary alicyclic amines) is 1. The van der Waals surface area contributed by atoms with Gasteiger partial charge in [0, 0.05) is 78.3 Å². The number of hydrogen-bond acceptors (Lipinski definition) is 18. The number of nitrogens with zero attached hydrogens (tertiary/aromatic N) is 2. The lowest BCUT2D eigenvalue weighted by Crippen LogP contribution is -2.62. The van der Waals surface area contributed by atoms with Crippen LogP contribution in [0.3, 0.4) is 0 Å². The van der Waals surface area contributed by atoms with Crippen molar-refractivity contribution in [1.29, 1.82) is 0 Å². The van der Waals surface area contributed by atoms with Gasteiger partial charge < -0.3 is 83.7 Å². The van der Waals surface area contributed by atoms with E-state index >= 15 is 4.79 Å². The number of nitrogens with one attached hydrogen (secondary N) is 12. The van der Waals surface area contributed by atoms with Crippen molar-refractivity contribution in [3.8, 4) is 0 Å². The Morgan fingerprint density at radius 3 is 2.02 bits per heavy atom. The summed E-state index contributed by atoms with van der Waals surface area (Å²) in [5.41, 5.74) is 2.19. The van der Waals surface area contributed by atoms with Crippen molar-refractivity contribution >= 4 is 111 Å². The molecule has 32 heteroatoms. The molecule has 0 radical (unpaired) electrons. The van der Waals surface area contributed by atoms with Crippen LogP contribution < -0.4 is 58.5 Å². The molecule has 1 aromatic heterocycles. The molecule has 8 aliphatic rings. The van der Waals surface area contributed by atoms with E-state index in [1.807, 2.05) is 0 Å². The number of benzene rings is 2. The molecule has 4 saturated carbocycles. The molecular weight excluding hydrogens is 1360 g/mol. The molecule has 14 amide bonds. The van der Waals surface area contributed by atoms with Gasteiger partial charge in [-0.05, 0) is 117 Å². The SMILES string of the molecule is CC[C@H](C)[C@@H]1NC(=O)CNC(=O)[C@@H]2Cc3c([nH]c4ccccc34)CC[C@H](NC(=O)CNC1=O)C(=O)N[C@@H](CC(=O)NCc1ccc(NC(=O)[C@H](C)NC(=O)C(NC(=O)CCN3C(=O)CC(SC45CC6CC(CC(C6)C4)C5)C3=O)C(C)C)cc1)C(=O)N1C[C@H](O)C[C@H]1C(=O)N[C@@H]([C@@H](C)[C@@H](O)CO)C(=O)N2. The fourth-order valence-corrected chi connectivity index (χ4v) is 18.0. The fourth-order valence-electron chi connectivity index (χ4n) is 16.0. The molecule has 564 valence electrons. The molecule has 2 saturated heterocycles. The Balaban J connectivity index is 0.817. The largest absolute Gasteiger partial charge is 0.394 e. The number of anilines is 1. The van der Waals surface area contributed by atoms with E-state index in [2.05, 4.69) is 63.5 Å². The van der Waals surface area contributed by atoms with Crippen molar-refractivity contribution < 1.29 is 82.4 Å². The summed E-state index contributed by atoms with van der Waals surface area (Å²) in [6, 6.07) is 1.43. The Labute approximate surface area is 606 Å². The first-order valence-electron chi connectivity index (χ1n) is 36.2. The predicted molar refractivity (Wildman–Crippen MR) is 378 cm³/mol. The maximum absolute atomic E-state index is 15.1. The van der Waals surface area contributed by atoms with Crippen molar-refractivity contribution in [3.05, 3.63) is 65.4 Å². The number of aromatic nitrogens is 1. The first-order valence-corrected chi connectivity index (χ1v) is 37.1. The summed E-state index contributed by atoms with van der Waals surface area (Å²) >= 11 is 1.68. The number of fused-ring (bicyclic) bond motifs is 5. The number of aromatic amines is 1. The molecule has 2 unspecified atom stereocenters. The lowest BCUT2D eigenvalue weighted by Gasteiger charge is -2.56. The average molecular weight is 1460 g/mol. The zero-order chi connectivity index (χ0) is 75.0. The molecule has 3 aromatic rings. The van der Waals surface area contributed by atoms with Crippen molar-refractivity contribution in [2.75, 3.05) is 38.1 Å². The van der Waals surface area contributed by atoms with Crippen LogP contribution in [0.1, 0.15) is 135 Å². The van der Waals surface area contributed by atoms with Crippen LogP contribution in [0, 0.1) is 35.5 Å². The van der Waals surface area contributed by atoms with Crippen molar-refractivity contribution in [2.24, 2.45) is 35.5 Å². The van der Waals surface area contributed by atoms with E-state index < -0.39 is 194 Å². The predicted octanol–water partition coefficient (Wildman–Crippen LogP) is -1.17. The minimum atomic E-state index is -1.83. The normalized spacial score (nSPS) is 28.7. The van der Waals surface area contributed by atoms with E-state index in [4.69, 9.17) is 0 Å². The van der Waals surface area contributed by atoms with Crippen LogP contribution in [0.5, 0.6) is 0 Å². The highest BCUT2D eigenvalue weighted by Crippen LogP contribution is 2.62. The topological polar surface area (TPSA) is 454 Å². The second-order valence-electron chi connectivity index (χ2n) is 29.7. The minimum Gasteiger partial charge on any atom is -0.394 e. The zero-order valence-electron chi connectivity index (χ0n) is 59.4. The summed E-state index contributed by atoms with van der Waals surface area (Å²) in [5, 5.41) is 61.3. The molecule has 0 spiro atoms. The number of amides is 14. The molecule has 6 bridgehead atoms. The quantitative estimate of drug-likeness (QED) is 0.0593. The smallest absolute Gasteiger partial charge is 0.246 e. The number of para-hydroxylation sites is 1. The summed E-state index contributed by atoms with van der Waals surface area (Å²) in [4.78, 5) is 202. The Bertz CT molecular complexity index is 3760. The van der Waals surface area contributed by atoms with Crippen LogP contribution in [-0.2, 0) is 86.5 Å². The molecule has 6 fully saturated rings. The number of carbonyl (C=O) groups excluding carboxylic acids is 14. The van der Waals surface area contributed by atoms with Gasteiger partial charge in [-0.15, -0.1) is 11.8 Å². The molecule has 31 nitrogen and oxygen atoms in total. The molecule has 104 heavy (non-hydrogen) atoms. The number of aryl methyl sites for hydroxylation is 1.